The lowest BCUT2D eigenvalue weighted by atomic mass is 9.86. The summed E-state index contributed by atoms with van der Waals surface area (Å²) in [4.78, 5) is 9.33. The summed E-state index contributed by atoms with van der Waals surface area (Å²) in [5, 5.41) is 4.88. The van der Waals surface area contributed by atoms with E-state index in [2.05, 4.69) is 162 Å². The fourth-order valence-electron chi connectivity index (χ4n) is 7.26. The minimum Gasteiger partial charge on any atom is -0.457 e. The van der Waals surface area contributed by atoms with Gasteiger partial charge in [-0.05, 0) is 65.6 Å². The summed E-state index contributed by atoms with van der Waals surface area (Å²) in [7, 11) is 2.16. The van der Waals surface area contributed by atoms with Crippen molar-refractivity contribution >= 4 is 55.1 Å². The Bertz CT molecular complexity index is 2520. The highest BCUT2D eigenvalue weighted by atomic mass is 16.5. The largest absolute Gasteiger partial charge is 0.457 e. The molecule has 8 aromatic rings. The first kappa shape index (κ1) is 29.2. The number of anilines is 1. The van der Waals surface area contributed by atoms with Crippen molar-refractivity contribution in [2.45, 2.75) is 26.2 Å². The molecule has 4 heterocycles. The lowest BCUT2D eigenvalue weighted by Gasteiger charge is -2.25. The Kier molecular flexibility index (Phi) is 6.56. The molecule has 0 unspecified atom stereocenters. The van der Waals surface area contributed by atoms with Crippen molar-refractivity contribution in [3.8, 4) is 17.3 Å². The van der Waals surface area contributed by atoms with Crippen LogP contribution in [0.15, 0.2) is 140 Å². The second-order valence-corrected chi connectivity index (χ2v) is 14.0. The van der Waals surface area contributed by atoms with Crippen molar-refractivity contribution in [3.63, 3.8) is 0 Å². The highest BCUT2D eigenvalue weighted by Crippen LogP contribution is 2.40. The standard InChI is InChI=1S/C43H37N5O/c1-43(2,3)29-23-30(46-27-42(45(4)28-46)48-38-17-9-6-13-33(38)34-14-7-10-18-39(34)48)25-32(24-29)49-31-20-21-36-35-15-5-8-16-37(35)47(40(36)26-31)41-19-11-12-22-44-41/h5-27H,28H2,1-4H3. The molecule has 6 heteroatoms. The van der Waals surface area contributed by atoms with E-state index in [0.717, 1.165) is 46.5 Å². The second kappa shape index (κ2) is 11.0. The van der Waals surface area contributed by atoms with Gasteiger partial charge in [-0.15, -0.1) is 0 Å². The van der Waals surface area contributed by atoms with Gasteiger partial charge < -0.3 is 14.5 Å². The Morgan fingerprint density at radius 2 is 1.20 bits per heavy atom. The molecule has 6 nitrogen and oxygen atoms in total. The van der Waals surface area contributed by atoms with E-state index in [-0.39, 0.29) is 5.41 Å². The predicted molar refractivity (Wildman–Crippen MR) is 203 cm³/mol. The van der Waals surface area contributed by atoms with Gasteiger partial charge in [0.25, 0.3) is 0 Å². The highest BCUT2D eigenvalue weighted by Gasteiger charge is 2.26. The molecular formula is C43H37N5O. The summed E-state index contributed by atoms with van der Waals surface area (Å²) in [5.74, 6) is 3.61. The quantitative estimate of drug-likeness (QED) is 0.188. The van der Waals surface area contributed by atoms with Gasteiger partial charge in [-0.1, -0.05) is 81.4 Å². The van der Waals surface area contributed by atoms with Crippen molar-refractivity contribution < 1.29 is 4.74 Å². The van der Waals surface area contributed by atoms with Crippen LogP contribution in [0.3, 0.4) is 0 Å². The van der Waals surface area contributed by atoms with Crippen molar-refractivity contribution in [2.75, 3.05) is 18.6 Å². The number of hydrogen-bond acceptors (Lipinski definition) is 4. The summed E-state index contributed by atoms with van der Waals surface area (Å²) in [5.41, 5.74) is 6.82. The summed E-state index contributed by atoms with van der Waals surface area (Å²) in [6.07, 6.45) is 4.11. The van der Waals surface area contributed by atoms with Crippen molar-refractivity contribution in [3.05, 3.63) is 145 Å². The van der Waals surface area contributed by atoms with Gasteiger partial charge in [0.15, 0.2) is 0 Å². The third kappa shape index (κ3) is 4.82. The van der Waals surface area contributed by atoms with Crippen LogP contribution in [-0.2, 0) is 5.41 Å². The Morgan fingerprint density at radius 3 is 1.84 bits per heavy atom. The average molecular weight is 640 g/mol. The van der Waals surface area contributed by atoms with Crippen LogP contribution in [0.4, 0.5) is 5.69 Å². The van der Waals surface area contributed by atoms with E-state index in [1.807, 2.05) is 24.4 Å². The van der Waals surface area contributed by atoms with Crippen LogP contribution < -0.4 is 9.64 Å². The monoisotopic (exact) mass is 639 g/mol. The van der Waals surface area contributed by atoms with Crippen molar-refractivity contribution in [1.29, 1.82) is 0 Å². The maximum Gasteiger partial charge on any atom is 0.137 e. The SMILES string of the molecule is CN1CN(c2cc(Oc3ccc4c5ccccc5n(-c5ccccn5)c4c3)cc(C(C)(C)C)c2)C=C1n1c2ccccc2c2ccccc21. The number of hydrogen-bond donors (Lipinski definition) is 0. The number of para-hydroxylation sites is 3. The Balaban J connectivity index is 1.14. The molecule has 49 heavy (non-hydrogen) atoms. The van der Waals surface area contributed by atoms with Gasteiger partial charge in [-0.2, -0.15) is 0 Å². The van der Waals surface area contributed by atoms with Gasteiger partial charge in [0.1, 0.15) is 23.1 Å². The third-order valence-electron chi connectivity index (χ3n) is 9.68. The molecule has 0 atom stereocenters. The number of nitrogens with zero attached hydrogens (tertiary/aromatic N) is 5. The van der Waals surface area contributed by atoms with Gasteiger partial charge in [-0.3, -0.25) is 9.13 Å². The molecule has 0 amide bonds. The van der Waals surface area contributed by atoms with Crippen molar-refractivity contribution in [2.24, 2.45) is 0 Å². The summed E-state index contributed by atoms with van der Waals surface area (Å²) in [6.45, 7) is 7.48. The fourth-order valence-corrected chi connectivity index (χ4v) is 7.26. The lowest BCUT2D eigenvalue weighted by molar-refractivity contribution is 0.477. The fraction of sp³-hybridized carbons (Fsp3) is 0.140. The normalized spacial score (nSPS) is 13.7. The Labute approximate surface area is 285 Å². The zero-order chi connectivity index (χ0) is 33.3. The maximum absolute atomic E-state index is 6.75. The number of rotatable bonds is 5. The number of fused-ring (bicyclic) bond motifs is 6. The van der Waals surface area contributed by atoms with Gasteiger partial charge in [0.05, 0.1) is 28.7 Å². The zero-order valence-electron chi connectivity index (χ0n) is 28.1. The molecule has 0 saturated carbocycles. The van der Waals surface area contributed by atoms with Crippen LogP contribution in [0.1, 0.15) is 26.3 Å². The summed E-state index contributed by atoms with van der Waals surface area (Å²) < 4.78 is 11.3. The van der Waals surface area contributed by atoms with E-state index >= 15 is 0 Å². The van der Waals surface area contributed by atoms with Gasteiger partial charge in [-0.25, -0.2) is 4.98 Å². The average Bonchev–Trinajstić information content (AvgIpc) is 3.77. The van der Waals surface area contributed by atoms with E-state index in [4.69, 9.17) is 9.72 Å². The zero-order valence-corrected chi connectivity index (χ0v) is 28.1. The van der Waals surface area contributed by atoms with Crippen LogP contribution in [0.5, 0.6) is 11.5 Å². The molecule has 0 radical (unpaired) electrons. The molecule has 240 valence electrons. The minimum absolute atomic E-state index is 0.0749. The molecule has 0 saturated heterocycles. The van der Waals surface area contributed by atoms with Crippen LogP contribution >= 0.6 is 0 Å². The van der Waals surface area contributed by atoms with E-state index in [1.165, 1.54) is 38.1 Å². The van der Waals surface area contributed by atoms with Gasteiger partial charge in [0, 0.05) is 58.8 Å². The van der Waals surface area contributed by atoms with Gasteiger partial charge >= 0.3 is 0 Å². The predicted octanol–water partition coefficient (Wildman–Crippen LogP) is 10.5. The molecule has 0 N–H and O–H groups in total. The topological polar surface area (TPSA) is 38.5 Å². The maximum atomic E-state index is 6.75. The third-order valence-corrected chi connectivity index (χ3v) is 9.68. The van der Waals surface area contributed by atoms with Crippen LogP contribution in [0.25, 0.3) is 55.3 Å². The van der Waals surface area contributed by atoms with Crippen LogP contribution in [0, 0.1) is 0 Å². The van der Waals surface area contributed by atoms with E-state index in [1.54, 1.807) is 0 Å². The number of aromatic nitrogens is 3. The molecule has 0 aliphatic carbocycles. The minimum atomic E-state index is -0.0749. The van der Waals surface area contributed by atoms with Crippen LogP contribution in [-0.4, -0.2) is 32.7 Å². The van der Waals surface area contributed by atoms with Gasteiger partial charge in [0.2, 0.25) is 0 Å². The Hall–Kier alpha value is -6.01. The molecule has 1 aliphatic rings. The first-order chi connectivity index (χ1) is 23.8. The smallest absolute Gasteiger partial charge is 0.137 e. The molecule has 0 spiro atoms. The number of benzene rings is 5. The molecule has 0 bridgehead atoms. The number of pyridine rings is 1. The Morgan fingerprint density at radius 1 is 0.592 bits per heavy atom. The molecule has 9 rings (SSSR count). The highest BCUT2D eigenvalue weighted by molar-refractivity contribution is 6.10. The number of ether oxygens (including phenoxy) is 1. The lowest BCUT2D eigenvalue weighted by Crippen LogP contribution is -2.24. The first-order valence-corrected chi connectivity index (χ1v) is 16.8. The molecule has 3 aromatic heterocycles. The molecule has 5 aromatic carbocycles. The second-order valence-electron chi connectivity index (χ2n) is 14.0. The van der Waals surface area contributed by atoms with Crippen LogP contribution in [0.2, 0.25) is 0 Å². The summed E-state index contributed by atoms with van der Waals surface area (Å²) >= 11 is 0. The molecular weight excluding hydrogens is 603 g/mol. The van der Waals surface area contributed by atoms with E-state index in [0.29, 0.717) is 0 Å². The summed E-state index contributed by atoms with van der Waals surface area (Å²) in [6, 6.07) is 44.9. The first-order valence-electron chi connectivity index (χ1n) is 16.8. The van der Waals surface area contributed by atoms with Crippen molar-refractivity contribution in [1.82, 2.24) is 19.0 Å². The van der Waals surface area contributed by atoms with E-state index in [9.17, 15) is 0 Å². The molecule has 1 aliphatic heterocycles. The molecule has 0 fully saturated rings. The van der Waals surface area contributed by atoms with E-state index < -0.39 is 0 Å².